The fourth-order valence-corrected chi connectivity index (χ4v) is 2.62. The van der Waals surface area contributed by atoms with Gasteiger partial charge in [-0.1, -0.05) is 12.2 Å². The Balaban J connectivity index is 1.91. The fraction of sp³-hybridized carbons (Fsp3) is 0.846. The minimum Gasteiger partial charge on any atom is -0.393 e. The van der Waals surface area contributed by atoms with Crippen LogP contribution in [0.25, 0.3) is 0 Å². The van der Waals surface area contributed by atoms with Gasteiger partial charge in [-0.15, -0.1) is 0 Å². The molecule has 108 valence electrons. The van der Waals surface area contributed by atoms with E-state index in [1.165, 1.54) is 12.8 Å². The monoisotopic (exact) mass is 285 g/mol. The van der Waals surface area contributed by atoms with Crippen LogP contribution in [0.1, 0.15) is 26.2 Å². The maximum Gasteiger partial charge on any atom is 0.239 e. The van der Waals surface area contributed by atoms with Gasteiger partial charge in [-0.05, 0) is 19.8 Å². The summed E-state index contributed by atoms with van der Waals surface area (Å²) in [4.78, 5) is 17.2. The molecule has 2 fully saturated rings. The summed E-state index contributed by atoms with van der Waals surface area (Å²) < 4.78 is 5.29. The Kier molecular flexibility index (Phi) is 5.13. The van der Waals surface area contributed by atoms with Crippen LogP contribution in [-0.2, 0) is 9.53 Å². The molecule has 1 saturated carbocycles. The van der Waals surface area contributed by atoms with Crippen molar-refractivity contribution in [2.75, 3.05) is 32.8 Å². The number of thiocarbonyl (C=S) groups is 1. The van der Waals surface area contributed by atoms with Crippen LogP contribution in [0.4, 0.5) is 0 Å². The van der Waals surface area contributed by atoms with Crippen LogP contribution in [0, 0.1) is 0 Å². The summed E-state index contributed by atoms with van der Waals surface area (Å²) in [5, 5.41) is 0. The lowest BCUT2D eigenvalue weighted by atomic mass is 10.2. The zero-order valence-electron chi connectivity index (χ0n) is 11.5. The Hall–Kier alpha value is -0.720. The highest BCUT2D eigenvalue weighted by Gasteiger charge is 2.36. The summed E-state index contributed by atoms with van der Waals surface area (Å²) in [5.74, 6) is 0.207. The molecule has 1 unspecified atom stereocenters. The maximum absolute atomic E-state index is 12.5. The van der Waals surface area contributed by atoms with Crippen LogP contribution >= 0.6 is 12.2 Å². The van der Waals surface area contributed by atoms with Crippen molar-refractivity contribution in [3.05, 3.63) is 0 Å². The Labute approximate surface area is 120 Å². The van der Waals surface area contributed by atoms with Gasteiger partial charge in [0, 0.05) is 32.1 Å². The second-order valence-electron chi connectivity index (χ2n) is 5.30. The fourth-order valence-electron chi connectivity index (χ4n) is 2.53. The number of nitrogens with zero attached hydrogens (tertiary/aromatic N) is 2. The molecule has 1 aliphatic heterocycles. The molecular formula is C13H23N3O2S. The van der Waals surface area contributed by atoms with E-state index < -0.39 is 0 Å². The number of rotatable bonds is 6. The molecule has 19 heavy (non-hydrogen) atoms. The van der Waals surface area contributed by atoms with Gasteiger partial charge in [-0.25, -0.2) is 0 Å². The first-order valence-electron chi connectivity index (χ1n) is 7.00. The van der Waals surface area contributed by atoms with Crippen molar-refractivity contribution in [1.82, 2.24) is 9.80 Å². The van der Waals surface area contributed by atoms with Crippen molar-refractivity contribution >= 4 is 23.1 Å². The van der Waals surface area contributed by atoms with Gasteiger partial charge in [0.05, 0.1) is 24.2 Å². The van der Waals surface area contributed by atoms with Gasteiger partial charge in [0.25, 0.3) is 0 Å². The van der Waals surface area contributed by atoms with Gasteiger partial charge in [0.1, 0.15) is 0 Å². The molecule has 0 aromatic carbocycles. The van der Waals surface area contributed by atoms with Gasteiger partial charge in [-0.3, -0.25) is 9.69 Å². The Morgan fingerprint density at radius 2 is 2.11 bits per heavy atom. The molecule has 0 aromatic rings. The van der Waals surface area contributed by atoms with Gasteiger partial charge in [0.2, 0.25) is 5.91 Å². The summed E-state index contributed by atoms with van der Waals surface area (Å²) in [6, 6.07) is 0.453. The Bertz CT molecular complexity index is 341. The first kappa shape index (κ1) is 14.7. The van der Waals surface area contributed by atoms with Crippen LogP contribution in [-0.4, -0.2) is 65.6 Å². The molecule has 2 aliphatic rings. The van der Waals surface area contributed by atoms with Crippen LogP contribution in [0.3, 0.4) is 0 Å². The van der Waals surface area contributed by atoms with Crippen molar-refractivity contribution in [3.8, 4) is 0 Å². The second-order valence-corrected chi connectivity index (χ2v) is 5.82. The van der Waals surface area contributed by atoms with E-state index in [0.717, 1.165) is 6.54 Å². The maximum atomic E-state index is 12.5. The number of ether oxygens (including phenoxy) is 1. The third-order valence-corrected chi connectivity index (χ3v) is 4.01. The molecule has 1 atom stereocenters. The zero-order valence-corrected chi connectivity index (χ0v) is 12.3. The Morgan fingerprint density at radius 3 is 2.63 bits per heavy atom. The van der Waals surface area contributed by atoms with Gasteiger partial charge < -0.3 is 15.4 Å². The van der Waals surface area contributed by atoms with Crippen LogP contribution < -0.4 is 5.73 Å². The van der Waals surface area contributed by atoms with E-state index in [2.05, 4.69) is 4.90 Å². The van der Waals surface area contributed by atoms with Crippen molar-refractivity contribution in [2.45, 2.75) is 38.3 Å². The Morgan fingerprint density at radius 1 is 1.47 bits per heavy atom. The van der Waals surface area contributed by atoms with E-state index in [1.54, 1.807) is 0 Å². The van der Waals surface area contributed by atoms with E-state index in [-0.39, 0.29) is 11.9 Å². The summed E-state index contributed by atoms with van der Waals surface area (Å²) in [6.07, 6.45) is 3.04. The quantitative estimate of drug-likeness (QED) is 0.715. The van der Waals surface area contributed by atoms with Crippen molar-refractivity contribution in [2.24, 2.45) is 5.73 Å². The first-order chi connectivity index (χ1) is 9.09. The SMILES string of the molecule is CC(C(=O)N1CCOCC1)N(CCC(N)=S)C1CC1. The molecule has 1 heterocycles. The van der Waals surface area contributed by atoms with Gasteiger partial charge in [-0.2, -0.15) is 0 Å². The largest absolute Gasteiger partial charge is 0.393 e. The van der Waals surface area contributed by atoms with E-state index in [9.17, 15) is 4.79 Å². The van der Waals surface area contributed by atoms with Crippen molar-refractivity contribution in [3.63, 3.8) is 0 Å². The van der Waals surface area contributed by atoms with Crippen molar-refractivity contribution < 1.29 is 9.53 Å². The first-order valence-corrected chi connectivity index (χ1v) is 7.41. The third kappa shape index (κ3) is 4.12. The predicted octanol–water partition coefficient (Wildman–Crippen LogP) is 0.374. The third-order valence-electron chi connectivity index (χ3n) is 3.81. The second kappa shape index (κ2) is 6.63. The minimum atomic E-state index is -0.0834. The van der Waals surface area contributed by atoms with E-state index in [1.807, 2.05) is 11.8 Å². The molecule has 2 N–H and O–H groups in total. The minimum absolute atomic E-state index is 0.0834. The number of nitrogens with two attached hydrogens (primary N) is 1. The molecule has 2 rings (SSSR count). The number of morpholine rings is 1. The zero-order chi connectivity index (χ0) is 13.8. The van der Waals surface area contributed by atoms with Crippen molar-refractivity contribution in [1.29, 1.82) is 0 Å². The molecule has 0 spiro atoms. The van der Waals surface area contributed by atoms with Crippen LogP contribution in [0.15, 0.2) is 0 Å². The summed E-state index contributed by atoms with van der Waals surface area (Å²) >= 11 is 4.94. The van der Waals surface area contributed by atoms with E-state index in [4.69, 9.17) is 22.7 Å². The molecule has 1 aliphatic carbocycles. The van der Waals surface area contributed by atoms with Crippen LogP contribution in [0.5, 0.6) is 0 Å². The number of hydrogen-bond acceptors (Lipinski definition) is 4. The average molecular weight is 285 g/mol. The number of carbonyl (C=O) groups is 1. The summed E-state index contributed by atoms with van der Waals surface area (Å²) in [5.41, 5.74) is 5.57. The highest BCUT2D eigenvalue weighted by atomic mass is 32.1. The molecule has 0 bridgehead atoms. The topological polar surface area (TPSA) is 58.8 Å². The van der Waals surface area contributed by atoms with E-state index >= 15 is 0 Å². The highest BCUT2D eigenvalue weighted by Crippen LogP contribution is 2.29. The lowest BCUT2D eigenvalue weighted by molar-refractivity contribution is -0.140. The molecule has 6 heteroatoms. The highest BCUT2D eigenvalue weighted by molar-refractivity contribution is 7.80. The molecular weight excluding hydrogens is 262 g/mol. The predicted molar refractivity (Wildman–Crippen MR) is 78.0 cm³/mol. The smallest absolute Gasteiger partial charge is 0.239 e. The standard InChI is InChI=1S/C13H23N3O2S/c1-10(13(17)15-6-8-18-9-7-15)16(11-2-3-11)5-4-12(14)19/h10-11H,2-9H2,1H3,(H2,14,19). The molecule has 0 radical (unpaired) electrons. The molecule has 5 nitrogen and oxygen atoms in total. The van der Waals surface area contributed by atoms with E-state index in [0.29, 0.717) is 43.8 Å². The normalized spacial score (nSPS) is 21.5. The molecule has 0 aromatic heterocycles. The summed E-state index contributed by atoms with van der Waals surface area (Å²) in [7, 11) is 0. The van der Waals surface area contributed by atoms with Crippen LogP contribution in [0.2, 0.25) is 0 Å². The lowest BCUT2D eigenvalue weighted by Gasteiger charge is -2.34. The number of amides is 1. The number of hydrogen-bond donors (Lipinski definition) is 1. The molecule has 1 saturated heterocycles. The lowest BCUT2D eigenvalue weighted by Crippen LogP contribution is -2.51. The van der Waals surface area contributed by atoms with Gasteiger partial charge >= 0.3 is 0 Å². The molecule has 1 amide bonds. The summed E-state index contributed by atoms with van der Waals surface area (Å²) in [6.45, 7) is 5.49. The number of carbonyl (C=O) groups excluding carboxylic acids is 1. The van der Waals surface area contributed by atoms with Gasteiger partial charge in [0.15, 0.2) is 0 Å². The average Bonchev–Trinajstić information content (AvgIpc) is 3.23.